The molecule has 0 amide bonds. The summed E-state index contributed by atoms with van der Waals surface area (Å²) in [6, 6.07) is 7.15. The average molecular weight is 168 g/mol. The van der Waals surface area contributed by atoms with E-state index in [2.05, 4.69) is 0 Å². The molecule has 3 heteroatoms. The molecule has 66 valence electrons. The molecule has 12 heavy (non-hydrogen) atoms. The summed E-state index contributed by atoms with van der Waals surface area (Å²) < 4.78 is 0. The number of aryl methyl sites for hydroxylation is 1. The van der Waals surface area contributed by atoms with Crippen molar-refractivity contribution >= 4 is 5.97 Å². The molecule has 0 unspecified atom stereocenters. The maximum absolute atomic E-state index is 9.00. The number of benzene rings is 1. The fourth-order valence-corrected chi connectivity index (χ4v) is 0.628. The van der Waals surface area contributed by atoms with E-state index in [-0.39, 0.29) is 0 Å². The van der Waals surface area contributed by atoms with Crippen LogP contribution in [0.2, 0.25) is 0 Å². The quantitative estimate of drug-likeness (QED) is 0.621. The average Bonchev–Trinajstić information content (AvgIpc) is 1.84. The second kappa shape index (κ2) is 5.18. The van der Waals surface area contributed by atoms with Gasteiger partial charge in [0.15, 0.2) is 0 Å². The van der Waals surface area contributed by atoms with Crippen LogP contribution in [0.1, 0.15) is 12.5 Å². The summed E-state index contributed by atoms with van der Waals surface area (Å²) in [5.74, 6) is -0.495. The molecule has 0 aliphatic carbocycles. The van der Waals surface area contributed by atoms with Crippen molar-refractivity contribution in [2.45, 2.75) is 13.8 Å². The van der Waals surface area contributed by atoms with Gasteiger partial charge in [-0.1, -0.05) is 12.1 Å². The van der Waals surface area contributed by atoms with Crippen LogP contribution in [0, 0.1) is 6.92 Å². The van der Waals surface area contributed by atoms with Crippen molar-refractivity contribution in [3.63, 3.8) is 0 Å². The van der Waals surface area contributed by atoms with Crippen LogP contribution in [-0.4, -0.2) is 16.2 Å². The maximum Gasteiger partial charge on any atom is 0.300 e. The zero-order valence-corrected chi connectivity index (χ0v) is 7.11. The number of aromatic hydroxyl groups is 1. The van der Waals surface area contributed by atoms with Gasteiger partial charge >= 0.3 is 0 Å². The standard InChI is InChI=1S/C7H8O.C2H4O2/c1-6-3-2-4-7(8)5-6;1-2(3)4/h2-5,8H,1H3;1H3,(H,3,4). The van der Waals surface area contributed by atoms with Crippen LogP contribution in [0.5, 0.6) is 5.75 Å². The number of carboxylic acid groups (broad SMARTS) is 1. The van der Waals surface area contributed by atoms with E-state index in [0.29, 0.717) is 5.75 Å². The number of carboxylic acids is 1. The highest BCUT2D eigenvalue weighted by molar-refractivity contribution is 5.62. The largest absolute Gasteiger partial charge is 0.508 e. The van der Waals surface area contributed by atoms with Crippen LogP contribution in [0.3, 0.4) is 0 Å². The summed E-state index contributed by atoms with van der Waals surface area (Å²) in [7, 11) is 0. The third kappa shape index (κ3) is 6.61. The Labute approximate surface area is 71.3 Å². The van der Waals surface area contributed by atoms with Crippen LogP contribution < -0.4 is 0 Å². The molecular weight excluding hydrogens is 156 g/mol. The Bertz CT molecular complexity index is 234. The summed E-state index contributed by atoms with van der Waals surface area (Å²) in [6.07, 6.45) is 0. The Kier molecular flexibility index (Phi) is 4.53. The summed E-state index contributed by atoms with van der Waals surface area (Å²) in [5.41, 5.74) is 1.09. The molecule has 1 aromatic rings. The summed E-state index contributed by atoms with van der Waals surface area (Å²) in [4.78, 5) is 9.00. The predicted octanol–water partition coefficient (Wildman–Crippen LogP) is 1.79. The van der Waals surface area contributed by atoms with Crippen molar-refractivity contribution < 1.29 is 15.0 Å². The zero-order chi connectivity index (χ0) is 9.56. The number of hydrogen-bond acceptors (Lipinski definition) is 2. The van der Waals surface area contributed by atoms with Crippen LogP contribution in [0.4, 0.5) is 0 Å². The molecule has 1 aromatic carbocycles. The highest BCUT2D eigenvalue weighted by Gasteiger charge is 1.83. The Morgan fingerprint density at radius 1 is 1.42 bits per heavy atom. The second-order valence-electron chi connectivity index (χ2n) is 2.36. The minimum absolute atomic E-state index is 0.338. The first-order valence-electron chi connectivity index (χ1n) is 3.47. The van der Waals surface area contributed by atoms with Gasteiger partial charge in [0.05, 0.1) is 0 Å². The normalized spacial score (nSPS) is 8.17. The number of hydrogen-bond donors (Lipinski definition) is 2. The molecule has 0 heterocycles. The second-order valence-corrected chi connectivity index (χ2v) is 2.36. The number of phenolic OH excluding ortho intramolecular Hbond substituents is 1. The Morgan fingerprint density at radius 3 is 2.17 bits per heavy atom. The van der Waals surface area contributed by atoms with Gasteiger partial charge in [0.2, 0.25) is 0 Å². The van der Waals surface area contributed by atoms with E-state index in [4.69, 9.17) is 15.0 Å². The van der Waals surface area contributed by atoms with E-state index in [1.807, 2.05) is 19.1 Å². The predicted molar refractivity (Wildman–Crippen MR) is 46.2 cm³/mol. The highest BCUT2D eigenvalue weighted by Crippen LogP contribution is 2.08. The molecular formula is C9H12O3. The zero-order valence-electron chi connectivity index (χ0n) is 7.11. The summed E-state index contributed by atoms with van der Waals surface area (Å²) in [6.45, 7) is 3.03. The molecule has 1 rings (SSSR count). The first kappa shape index (κ1) is 10.5. The molecule has 0 aromatic heterocycles. The molecule has 0 saturated carbocycles. The van der Waals surface area contributed by atoms with E-state index in [0.717, 1.165) is 12.5 Å². The van der Waals surface area contributed by atoms with Crippen molar-refractivity contribution in [2.75, 3.05) is 0 Å². The van der Waals surface area contributed by atoms with Gasteiger partial charge in [-0.05, 0) is 24.6 Å². The van der Waals surface area contributed by atoms with Gasteiger partial charge in [-0.3, -0.25) is 4.79 Å². The van der Waals surface area contributed by atoms with Crippen LogP contribution >= 0.6 is 0 Å². The van der Waals surface area contributed by atoms with Gasteiger partial charge < -0.3 is 10.2 Å². The lowest BCUT2D eigenvalue weighted by Gasteiger charge is -1.89. The van der Waals surface area contributed by atoms with Gasteiger partial charge in [-0.2, -0.15) is 0 Å². The van der Waals surface area contributed by atoms with Gasteiger partial charge in [-0.25, -0.2) is 0 Å². The molecule has 2 N–H and O–H groups in total. The molecule has 3 nitrogen and oxygen atoms in total. The molecule has 0 saturated heterocycles. The van der Waals surface area contributed by atoms with Crippen molar-refractivity contribution in [2.24, 2.45) is 0 Å². The molecule has 0 atom stereocenters. The van der Waals surface area contributed by atoms with Crippen molar-refractivity contribution in [3.05, 3.63) is 29.8 Å². The van der Waals surface area contributed by atoms with E-state index in [9.17, 15) is 0 Å². The van der Waals surface area contributed by atoms with E-state index in [1.165, 1.54) is 0 Å². The van der Waals surface area contributed by atoms with Crippen molar-refractivity contribution in [3.8, 4) is 5.75 Å². The van der Waals surface area contributed by atoms with E-state index in [1.54, 1.807) is 12.1 Å². The Morgan fingerprint density at radius 2 is 1.92 bits per heavy atom. The lowest BCUT2D eigenvalue weighted by Crippen LogP contribution is -1.78. The Balaban J connectivity index is 0.000000261. The SMILES string of the molecule is CC(=O)O.Cc1cccc(O)c1. The van der Waals surface area contributed by atoms with Gasteiger partial charge in [0.25, 0.3) is 5.97 Å². The van der Waals surface area contributed by atoms with Gasteiger partial charge in [0.1, 0.15) is 5.75 Å². The third-order valence-electron chi connectivity index (χ3n) is 1.00. The fraction of sp³-hybridized carbons (Fsp3) is 0.222. The fourth-order valence-electron chi connectivity index (χ4n) is 0.628. The molecule has 0 aliphatic heterocycles. The minimum Gasteiger partial charge on any atom is -0.508 e. The first-order chi connectivity index (χ1) is 5.52. The number of rotatable bonds is 0. The summed E-state index contributed by atoms with van der Waals surface area (Å²) in [5, 5.41) is 16.2. The lowest BCUT2D eigenvalue weighted by atomic mass is 10.2. The molecule has 0 radical (unpaired) electrons. The van der Waals surface area contributed by atoms with Gasteiger partial charge in [0, 0.05) is 6.92 Å². The molecule has 0 fully saturated rings. The number of carbonyl (C=O) groups is 1. The minimum atomic E-state index is -0.833. The monoisotopic (exact) mass is 168 g/mol. The van der Waals surface area contributed by atoms with Crippen LogP contribution in [0.25, 0.3) is 0 Å². The maximum atomic E-state index is 9.00. The molecule has 0 bridgehead atoms. The first-order valence-corrected chi connectivity index (χ1v) is 3.47. The van der Waals surface area contributed by atoms with Crippen molar-refractivity contribution in [1.29, 1.82) is 0 Å². The smallest absolute Gasteiger partial charge is 0.300 e. The van der Waals surface area contributed by atoms with Crippen LogP contribution in [-0.2, 0) is 4.79 Å². The third-order valence-corrected chi connectivity index (χ3v) is 1.00. The molecule has 0 aliphatic rings. The molecule has 0 spiro atoms. The van der Waals surface area contributed by atoms with Crippen LogP contribution in [0.15, 0.2) is 24.3 Å². The topological polar surface area (TPSA) is 57.5 Å². The van der Waals surface area contributed by atoms with Crippen molar-refractivity contribution in [1.82, 2.24) is 0 Å². The number of phenols is 1. The number of aliphatic carboxylic acids is 1. The summed E-state index contributed by atoms with van der Waals surface area (Å²) >= 11 is 0. The lowest BCUT2D eigenvalue weighted by molar-refractivity contribution is -0.134. The van der Waals surface area contributed by atoms with E-state index < -0.39 is 5.97 Å². The highest BCUT2D eigenvalue weighted by atomic mass is 16.4. The van der Waals surface area contributed by atoms with E-state index >= 15 is 0 Å². The van der Waals surface area contributed by atoms with Gasteiger partial charge in [-0.15, -0.1) is 0 Å². The Hall–Kier alpha value is -1.51.